The zero-order valence-electron chi connectivity index (χ0n) is 11.9. The van der Waals surface area contributed by atoms with Crippen molar-refractivity contribution in [1.82, 2.24) is 4.90 Å². The second kappa shape index (κ2) is 7.17. The first-order valence-electron chi connectivity index (χ1n) is 6.71. The molecule has 0 unspecified atom stereocenters. The van der Waals surface area contributed by atoms with Crippen LogP contribution in [-0.4, -0.2) is 30.9 Å². The highest BCUT2D eigenvalue weighted by molar-refractivity contribution is 5.93. The minimum absolute atomic E-state index is 0.0648. The van der Waals surface area contributed by atoms with E-state index in [9.17, 15) is 4.79 Å². The SMILES string of the molecule is CCc1cccc(CC)c1NC(=O)CN(C)CC. The number of hydrogen-bond donors (Lipinski definition) is 1. The van der Waals surface area contributed by atoms with E-state index in [0.29, 0.717) is 6.54 Å². The number of carbonyl (C=O) groups excluding carboxylic acids is 1. The lowest BCUT2D eigenvalue weighted by atomic mass is 10.0. The quantitative estimate of drug-likeness (QED) is 0.839. The molecule has 0 aliphatic heterocycles. The maximum absolute atomic E-state index is 12.0. The summed E-state index contributed by atoms with van der Waals surface area (Å²) in [5.74, 6) is 0.0648. The second-order valence-electron chi connectivity index (χ2n) is 4.54. The van der Waals surface area contributed by atoms with Crippen LogP contribution in [0.3, 0.4) is 0 Å². The van der Waals surface area contributed by atoms with E-state index in [-0.39, 0.29) is 5.91 Å². The molecule has 0 fully saturated rings. The van der Waals surface area contributed by atoms with Crippen LogP contribution in [0.4, 0.5) is 5.69 Å². The molecular formula is C15H24N2O. The van der Waals surface area contributed by atoms with Crippen LogP contribution < -0.4 is 5.32 Å². The summed E-state index contributed by atoms with van der Waals surface area (Å²) in [6, 6.07) is 6.22. The van der Waals surface area contributed by atoms with Crippen LogP contribution in [0.5, 0.6) is 0 Å². The normalized spacial score (nSPS) is 10.7. The van der Waals surface area contributed by atoms with E-state index >= 15 is 0 Å². The fourth-order valence-corrected chi connectivity index (χ4v) is 1.94. The summed E-state index contributed by atoms with van der Waals surface area (Å²) < 4.78 is 0. The van der Waals surface area contributed by atoms with E-state index in [2.05, 4.69) is 37.4 Å². The number of likely N-dealkylation sites (N-methyl/N-ethyl adjacent to an activating group) is 1. The molecule has 1 rings (SSSR count). The minimum Gasteiger partial charge on any atom is -0.324 e. The van der Waals surface area contributed by atoms with Crippen molar-refractivity contribution in [1.29, 1.82) is 0 Å². The van der Waals surface area contributed by atoms with E-state index in [4.69, 9.17) is 0 Å². The van der Waals surface area contributed by atoms with Crippen LogP contribution >= 0.6 is 0 Å². The van der Waals surface area contributed by atoms with E-state index in [1.54, 1.807) is 0 Å². The summed E-state index contributed by atoms with van der Waals surface area (Å²) in [7, 11) is 1.95. The molecule has 0 aliphatic rings. The first kappa shape index (κ1) is 14.7. The summed E-state index contributed by atoms with van der Waals surface area (Å²) in [6.45, 7) is 7.59. The van der Waals surface area contributed by atoms with Gasteiger partial charge in [-0.25, -0.2) is 0 Å². The number of rotatable bonds is 6. The Balaban J connectivity index is 2.85. The molecule has 3 nitrogen and oxygen atoms in total. The number of benzene rings is 1. The molecular weight excluding hydrogens is 224 g/mol. The van der Waals surface area contributed by atoms with Gasteiger partial charge in [0.1, 0.15) is 0 Å². The number of nitrogens with zero attached hydrogens (tertiary/aromatic N) is 1. The van der Waals surface area contributed by atoms with Gasteiger partial charge in [-0.05, 0) is 37.6 Å². The van der Waals surface area contributed by atoms with Crippen LogP contribution in [-0.2, 0) is 17.6 Å². The average molecular weight is 248 g/mol. The number of para-hydroxylation sites is 1. The predicted octanol–water partition coefficient (Wildman–Crippen LogP) is 2.70. The van der Waals surface area contributed by atoms with Crippen molar-refractivity contribution < 1.29 is 4.79 Å². The van der Waals surface area contributed by atoms with Crippen molar-refractivity contribution in [3.63, 3.8) is 0 Å². The topological polar surface area (TPSA) is 32.3 Å². The molecule has 1 aromatic rings. The van der Waals surface area contributed by atoms with E-state index in [0.717, 1.165) is 25.1 Å². The number of hydrogen-bond acceptors (Lipinski definition) is 2. The minimum atomic E-state index is 0.0648. The van der Waals surface area contributed by atoms with Crippen LogP contribution in [0.15, 0.2) is 18.2 Å². The van der Waals surface area contributed by atoms with Gasteiger partial charge in [0.2, 0.25) is 5.91 Å². The maximum Gasteiger partial charge on any atom is 0.238 e. The Morgan fingerprint density at radius 3 is 2.17 bits per heavy atom. The summed E-state index contributed by atoms with van der Waals surface area (Å²) in [4.78, 5) is 14.0. The first-order chi connectivity index (χ1) is 8.62. The lowest BCUT2D eigenvalue weighted by molar-refractivity contribution is -0.117. The zero-order chi connectivity index (χ0) is 13.5. The molecule has 100 valence electrons. The molecule has 1 N–H and O–H groups in total. The fourth-order valence-electron chi connectivity index (χ4n) is 1.94. The Morgan fingerprint density at radius 1 is 1.17 bits per heavy atom. The molecule has 0 saturated heterocycles. The van der Waals surface area contributed by atoms with Gasteiger partial charge in [0, 0.05) is 5.69 Å². The number of aryl methyl sites for hydroxylation is 2. The lowest BCUT2D eigenvalue weighted by Gasteiger charge is -2.17. The molecule has 18 heavy (non-hydrogen) atoms. The smallest absolute Gasteiger partial charge is 0.238 e. The largest absolute Gasteiger partial charge is 0.324 e. The van der Waals surface area contributed by atoms with Gasteiger partial charge in [0.05, 0.1) is 6.54 Å². The number of amides is 1. The highest BCUT2D eigenvalue weighted by Crippen LogP contribution is 2.22. The molecule has 0 saturated carbocycles. The molecule has 0 atom stereocenters. The van der Waals surface area contributed by atoms with Gasteiger partial charge in [-0.3, -0.25) is 9.69 Å². The maximum atomic E-state index is 12.0. The Kier molecular flexibility index (Phi) is 5.86. The Bertz CT molecular complexity index is 379. The van der Waals surface area contributed by atoms with Crippen molar-refractivity contribution in [3.8, 4) is 0 Å². The Morgan fingerprint density at radius 2 is 1.72 bits per heavy atom. The molecule has 0 spiro atoms. The zero-order valence-corrected chi connectivity index (χ0v) is 11.9. The summed E-state index contributed by atoms with van der Waals surface area (Å²) in [5, 5.41) is 3.07. The summed E-state index contributed by atoms with van der Waals surface area (Å²) in [6.07, 6.45) is 1.88. The third-order valence-corrected chi connectivity index (χ3v) is 3.22. The van der Waals surface area contributed by atoms with Gasteiger partial charge in [-0.1, -0.05) is 39.0 Å². The molecule has 0 heterocycles. The number of carbonyl (C=O) groups is 1. The van der Waals surface area contributed by atoms with Gasteiger partial charge in [0.15, 0.2) is 0 Å². The molecule has 0 aromatic heterocycles. The molecule has 0 aliphatic carbocycles. The van der Waals surface area contributed by atoms with E-state index in [1.807, 2.05) is 18.9 Å². The van der Waals surface area contributed by atoms with E-state index < -0.39 is 0 Å². The second-order valence-corrected chi connectivity index (χ2v) is 4.54. The standard InChI is InChI=1S/C15H24N2O/c1-5-12-9-8-10-13(6-2)15(12)16-14(18)11-17(4)7-3/h8-10H,5-7,11H2,1-4H3,(H,16,18). The van der Waals surface area contributed by atoms with Crippen LogP contribution in [0.2, 0.25) is 0 Å². The molecule has 0 radical (unpaired) electrons. The Hall–Kier alpha value is -1.35. The van der Waals surface area contributed by atoms with Gasteiger partial charge in [-0.15, -0.1) is 0 Å². The summed E-state index contributed by atoms with van der Waals surface area (Å²) in [5.41, 5.74) is 3.43. The van der Waals surface area contributed by atoms with Crippen molar-refractivity contribution in [3.05, 3.63) is 29.3 Å². The molecule has 0 bridgehead atoms. The van der Waals surface area contributed by atoms with Crippen molar-refractivity contribution in [2.75, 3.05) is 25.5 Å². The number of nitrogens with one attached hydrogen (secondary N) is 1. The summed E-state index contributed by atoms with van der Waals surface area (Å²) >= 11 is 0. The molecule has 3 heteroatoms. The van der Waals surface area contributed by atoms with Crippen LogP contribution in [0.1, 0.15) is 31.9 Å². The van der Waals surface area contributed by atoms with Crippen LogP contribution in [0.25, 0.3) is 0 Å². The Labute approximate surface area is 110 Å². The molecule has 1 aromatic carbocycles. The highest BCUT2D eigenvalue weighted by Gasteiger charge is 2.10. The predicted molar refractivity (Wildman–Crippen MR) is 77.0 cm³/mol. The van der Waals surface area contributed by atoms with Crippen molar-refractivity contribution in [2.24, 2.45) is 0 Å². The van der Waals surface area contributed by atoms with Gasteiger partial charge >= 0.3 is 0 Å². The third-order valence-electron chi connectivity index (χ3n) is 3.22. The lowest BCUT2D eigenvalue weighted by Crippen LogP contribution is -2.30. The fraction of sp³-hybridized carbons (Fsp3) is 0.533. The van der Waals surface area contributed by atoms with Gasteiger partial charge < -0.3 is 5.32 Å². The average Bonchev–Trinajstić information content (AvgIpc) is 2.38. The molecule has 1 amide bonds. The van der Waals surface area contributed by atoms with E-state index in [1.165, 1.54) is 11.1 Å². The van der Waals surface area contributed by atoms with Crippen molar-refractivity contribution in [2.45, 2.75) is 33.6 Å². The first-order valence-corrected chi connectivity index (χ1v) is 6.71. The van der Waals surface area contributed by atoms with Gasteiger partial charge in [-0.2, -0.15) is 0 Å². The van der Waals surface area contributed by atoms with Crippen LogP contribution in [0, 0.1) is 0 Å². The third kappa shape index (κ3) is 3.84. The number of anilines is 1. The van der Waals surface area contributed by atoms with Gasteiger partial charge in [0.25, 0.3) is 0 Å². The monoisotopic (exact) mass is 248 g/mol. The van der Waals surface area contributed by atoms with Crippen molar-refractivity contribution >= 4 is 11.6 Å². The highest BCUT2D eigenvalue weighted by atomic mass is 16.2.